The molecule has 0 radical (unpaired) electrons. The third kappa shape index (κ3) is 3.67. The zero-order valence-corrected chi connectivity index (χ0v) is 11.9. The SMILES string of the molecule is CC(C)(C)C(=O)Nc1ccc(N2CCNCC2)nc1. The molecule has 104 valence electrons. The van der Waals surface area contributed by atoms with Gasteiger partial charge < -0.3 is 15.5 Å². The first kappa shape index (κ1) is 13.8. The van der Waals surface area contributed by atoms with Crippen LogP contribution in [0.1, 0.15) is 20.8 Å². The van der Waals surface area contributed by atoms with E-state index >= 15 is 0 Å². The smallest absolute Gasteiger partial charge is 0.229 e. The van der Waals surface area contributed by atoms with Crippen LogP contribution in [0.25, 0.3) is 0 Å². The lowest BCUT2D eigenvalue weighted by Gasteiger charge is -2.28. The van der Waals surface area contributed by atoms with Gasteiger partial charge in [-0.3, -0.25) is 4.79 Å². The summed E-state index contributed by atoms with van der Waals surface area (Å²) in [5, 5.41) is 6.19. The quantitative estimate of drug-likeness (QED) is 0.847. The average Bonchev–Trinajstić information content (AvgIpc) is 2.39. The second-order valence-corrected chi connectivity index (χ2v) is 5.85. The van der Waals surface area contributed by atoms with Gasteiger partial charge in [-0.25, -0.2) is 4.98 Å². The summed E-state index contributed by atoms with van der Waals surface area (Å²) in [7, 11) is 0. The zero-order valence-electron chi connectivity index (χ0n) is 11.9. The number of anilines is 2. The molecule has 0 unspecified atom stereocenters. The van der Waals surface area contributed by atoms with Crippen LogP contribution in [0.4, 0.5) is 11.5 Å². The molecule has 1 aliphatic heterocycles. The molecule has 0 aliphatic carbocycles. The fraction of sp³-hybridized carbons (Fsp3) is 0.571. The number of aromatic nitrogens is 1. The van der Waals surface area contributed by atoms with E-state index in [1.807, 2.05) is 32.9 Å². The number of piperazine rings is 1. The molecule has 0 atom stereocenters. The van der Waals surface area contributed by atoms with Crippen LogP contribution in [0, 0.1) is 5.41 Å². The van der Waals surface area contributed by atoms with Gasteiger partial charge in [-0.2, -0.15) is 0 Å². The fourth-order valence-corrected chi connectivity index (χ4v) is 1.86. The number of nitrogens with one attached hydrogen (secondary N) is 2. The molecule has 2 rings (SSSR count). The molecule has 0 bridgehead atoms. The highest BCUT2D eigenvalue weighted by Gasteiger charge is 2.21. The van der Waals surface area contributed by atoms with E-state index in [4.69, 9.17) is 0 Å². The number of amides is 1. The molecule has 1 aromatic heterocycles. The highest BCUT2D eigenvalue weighted by atomic mass is 16.2. The van der Waals surface area contributed by atoms with E-state index in [0.29, 0.717) is 0 Å². The van der Waals surface area contributed by atoms with Crippen molar-refractivity contribution in [3.8, 4) is 0 Å². The van der Waals surface area contributed by atoms with Crippen LogP contribution < -0.4 is 15.5 Å². The largest absolute Gasteiger partial charge is 0.354 e. The third-order valence-corrected chi connectivity index (χ3v) is 3.13. The normalized spacial score (nSPS) is 16.3. The molecule has 1 fully saturated rings. The van der Waals surface area contributed by atoms with Gasteiger partial charge in [-0.1, -0.05) is 20.8 Å². The molecular formula is C14H22N4O. The van der Waals surface area contributed by atoms with Crippen LogP contribution in [0.3, 0.4) is 0 Å². The van der Waals surface area contributed by atoms with Crippen LogP contribution in [0.15, 0.2) is 18.3 Å². The van der Waals surface area contributed by atoms with Gasteiger partial charge in [0.15, 0.2) is 0 Å². The highest BCUT2D eigenvalue weighted by Crippen LogP contribution is 2.19. The molecule has 0 spiro atoms. The zero-order chi connectivity index (χ0) is 13.9. The first-order valence-corrected chi connectivity index (χ1v) is 6.70. The molecule has 0 saturated carbocycles. The van der Waals surface area contributed by atoms with E-state index in [1.54, 1.807) is 6.20 Å². The first-order chi connectivity index (χ1) is 8.97. The fourth-order valence-electron chi connectivity index (χ4n) is 1.86. The summed E-state index contributed by atoms with van der Waals surface area (Å²) in [5.74, 6) is 0.972. The maximum absolute atomic E-state index is 11.9. The third-order valence-electron chi connectivity index (χ3n) is 3.13. The molecule has 1 aromatic rings. The molecule has 2 heterocycles. The van der Waals surface area contributed by atoms with Crippen LogP contribution in [-0.2, 0) is 4.79 Å². The number of carbonyl (C=O) groups is 1. The molecule has 0 aromatic carbocycles. The maximum Gasteiger partial charge on any atom is 0.229 e. The van der Waals surface area contributed by atoms with E-state index < -0.39 is 5.41 Å². The minimum absolute atomic E-state index is 0.00391. The highest BCUT2D eigenvalue weighted by molar-refractivity contribution is 5.94. The Labute approximate surface area is 114 Å². The van der Waals surface area contributed by atoms with Gasteiger partial charge in [0.25, 0.3) is 0 Å². The lowest BCUT2D eigenvalue weighted by molar-refractivity contribution is -0.123. The Morgan fingerprint density at radius 2 is 2.00 bits per heavy atom. The molecule has 5 nitrogen and oxygen atoms in total. The van der Waals surface area contributed by atoms with Crippen LogP contribution >= 0.6 is 0 Å². The number of pyridine rings is 1. The first-order valence-electron chi connectivity index (χ1n) is 6.70. The summed E-state index contributed by atoms with van der Waals surface area (Å²) in [4.78, 5) is 18.5. The Kier molecular flexibility index (Phi) is 4.04. The molecule has 1 amide bonds. The van der Waals surface area contributed by atoms with Crippen molar-refractivity contribution in [2.75, 3.05) is 36.4 Å². The van der Waals surface area contributed by atoms with Crippen LogP contribution in [-0.4, -0.2) is 37.1 Å². The molecule has 5 heteroatoms. The van der Waals surface area contributed by atoms with E-state index in [0.717, 1.165) is 37.7 Å². The van der Waals surface area contributed by atoms with Crippen molar-refractivity contribution >= 4 is 17.4 Å². The Bertz CT molecular complexity index is 430. The minimum atomic E-state index is -0.392. The van der Waals surface area contributed by atoms with Crippen molar-refractivity contribution in [3.63, 3.8) is 0 Å². The van der Waals surface area contributed by atoms with Crippen molar-refractivity contribution in [1.29, 1.82) is 0 Å². The van der Waals surface area contributed by atoms with Crippen molar-refractivity contribution in [1.82, 2.24) is 10.3 Å². The lowest BCUT2D eigenvalue weighted by atomic mass is 9.96. The molecule has 2 N–H and O–H groups in total. The number of carbonyl (C=O) groups excluding carboxylic acids is 1. The summed E-state index contributed by atoms with van der Waals surface area (Å²) < 4.78 is 0. The number of rotatable bonds is 2. The second-order valence-electron chi connectivity index (χ2n) is 5.85. The summed E-state index contributed by atoms with van der Waals surface area (Å²) in [6.07, 6.45) is 1.72. The van der Waals surface area contributed by atoms with E-state index in [1.165, 1.54) is 0 Å². The van der Waals surface area contributed by atoms with Crippen LogP contribution in [0.5, 0.6) is 0 Å². The van der Waals surface area contributed by atoms with Crippen LogP contribution in [0.2, 0.25) is 0 Å². The Morgan fingerprint density at radius 1 is 1.32 bits per heavy atom. The van der Waals surface area contributed by atoms with Crippen molar-refractivity contribution < 1.29 is 4.79 Å². The minimum Gasteiger partial charge on any atom is -0.354 e. The van der Waals surface area contributed by atoms with Crippen molar-refractivity contribution in [2.45, 2.75) is 20.8 Å². The maximum atomic E-state index is 11.9. The second kappa shape index (κ2) is 5.57. The monoisotopic (exact) mass is 262 g/mol. The summed E-state index contributed by atoms with van der Waals surface area (Å²) in [5.41, 5.74) is 0.357. The van der Waals surface area contributed by atoms with Gasteiger partial charge in [-0.05, 0) is 12.1 Å². The van der Waals surface area contributed by atoms with Gasteiger partial charge >= 0.3 is 0 Å². The summed E-state index contributed by atoms with van der Waals surface area (Å²) in [6.45, 7) is 9.61. The van der Waals surface area contributed by atoms with Gasteiger partial charge in [0.1, 0.15) is 5.82 Å². The number of hydrogen-bond acceptors (Lipinski definition) is 4. The Hall–Kier alpha value is -1.62. The lowest BCUT2D eigenvalue weighted by Crippen LogP contribution is -2.43. The van der Waals surface area contributed by atoms with E-state index in [-0.39, 0.29) is 5.91 Å². The van der Waals surface area contributed by atoms with Gasteiger partial charge in [0, 0.05) is 31.6 Å². The molecule has 1 aliphatic rings. The Balaban J connectivity index is 2.00. The Morgan fingerprint density at radius 3 is 2.53 bits per heavy atom. The predicted molar refractivity (Wildman–Crippen MR) is 77.4 cm³/mol. The van der Waals surface area contributed by atoms with Crippen molar-refractivity contribution in [2.24, 2.45) is 5.41 Å². The topological polar surface area (TPSA) is 57.3 Å². The standard InChI is InChI=1S/C14H22N4O/c1-14(2,3)13(19)17-11-4-5-12(16-10-11)18-8-6-15-7-9-18/h4-5,10,15H,6-9H2,1-3H3,(H,17,19). The van der Waals surface area contributed by atoms with Gasteiger partial charge in [0.2, 0.25) is 5.91 Å². The summed E-state index contributed by atoms with van der Waals surface area (Å²) >= 11 is 0. The van der Waals surface area contributed by atoms with Gasteiger partial charge in [0.05, 0.1) is 11.9 Å². The number of nitrogens with zero attached hydrogens (tertiary/aromatic N) is 2. The van der Waals surface area contributed by atoms with E-state index in [9.17, 15) is 4.79 Å². The molecule has 19 heavy (non-hydrogen) atoms. The van der Waals surface area contributed by atoms with Crippen molar-refractivity contribution in [3.05, 3.63) is 18.3 Å². The van der Waals surface area contributed by atoms with Gasteiger partial charge in [-0.15, -0.1) is 0 Å². The summed E-state index contributed by atoms with van der Waals surface area (Å²) in [6, 6.07) is 3.87. The predicted octanol–water partition coefficient (Wildman–Crippen LogP) is 1.48. The number of hydrogen-bond donors (Lipinski definition) is 2. The van der Waals surface area contributed by atoms with E-state index in [2.05, 4.69) is 20.5 Å². The molecule has 1 saturated heterocycles. The molecular weight excluding hydrogens is 240 g/mol. The average molecular weight is 262 g/mol.